The molecule has 1 aromatic heterocycles. The normalized spacial score (nSPS) is 25.6. The molecule has 1 fully saturated rings. The van der Waals surface area contributed by atoms with Crippen LogP contribution in [0.2, 0.25) is 0 Å². The minimum absolute atomic E-state index is 0.0928. The van der Waals surface area contributed by atoms with Gasteiger partial charge in [0.25, 0.3) is 5.92 Å². The van der Waals surface area contributed by atoms with E-state index in [0.717, 1.165) is 6.20 Å². The summed E-state index contributed by atoms with van der Waals surface area (Å²) in [4.78, 5) is 23.3. The topological polar surface area (TPSA) is 117 Å². The molecule has 11 heteroatoms. The fourth-order valence-corrected chi connectivity index (χ4v) is 2.15. The average Bonchev–Trinajstić information content (AvgIpc) is 2.62. The average molecular weight is 310 g/mol. The monoisotopic (exact) mass is 310 g/mol. The van der Waals surface area contributed by atoms with Crippen LogP contribution in [0.3, 0.4) is 0 Å². The highest BCUT2D eigenvalue weighted by Gasteiger charge is 2.52. The number of hydrogen-bond acceptors (Lipinski definition) is 6. The van der Waals surface area contributed by atoms with Crippen molar-refractivity contribution in [3.8, 4) is 0 Å². The summed E-state index contributed by atoms with van der Waals surface area (Å²) in [5, 5.41) is 0. The molecular formula is C9H11F2N3O5P+. The van der Waals surface area contributed by atoms with E-state index >= 15 is 0 Å². The molecule has 0 spiro atoms. The zero-order valence-electron chi connectivity index (χ0n) is 9.98. The Labute approximate surface area is 112 Å². The van der Waals surface area contributed by atoms with Gasteiger partial charge in [0.2, 0.25) is 6.23 Å². The van der Waals surface area contributed by atoms with Crippen molar-refractivity contribution in [1.82, 2.24) is 9.55 Å². The van der Waals surface area contributed by atoms with Crippen LogP contribution in [-0.4, -0.2) is 33.1 Å². The number of nitrogens with zero attached hydrogens (tertiary/aromatic N) is 2. The van der Waals surface area contributed by atoms with E-state index in [1.807, 2.05) is 0 Å². The molecule has 1 aliphatic heterocycles. The third kappa shape index (κ3) is 3.15. The Morgan fingerprint density at radius 2 is 2.40 bits per heavy atom. The van der Waals surface area contributed by atoms with Gasteiger partial charge in [0.05, 0.1) is 6.10 Å². The van der Waals surface area contributed by atoms with Gasteiger partial charge in [0.15, 0.2) is 0 Å². The second-order valence-corrected chi connectivity index (χ2v) is 4.89. The lowest BCUT2D eigenvalue weighted by Gasteiger charge is -2.19. The highest BCUT2D eigenvalue weighted by molar-refractivity contribution is 7.32. The van der Waals surface area contributed by atoms with E-state index in [4.69, 9.17) is 15.4 Å². The first-order valence-electron chi connectivity index (χ1n) is 5.46. The number of halogens is 2. The number of hydrogen-bond donors (Lipinski definition) is 2. The van der Waals surface area contributed by atoms with Crippen LogP contribution >= 0.6 is 8.25 Å². The summed E-state index contributed by atoms with van der Waals surface area (Å²) in [6.07, 6.45) is -2.64. The van der Waals surface area contributed by atoms with Crippen molar-refractivity contribution < 1.29 is 27.5 Å². The van der Waals surface area contributed by atoms with Crippen LogP contribution in [0.5, 0.6) is 0 Å². The molecule has 0 amide bonds. The van der Waals surface area contributed by atoms with Crippen LogP contribution in [0.1, 0.15) is 12.6 Å². The second-order valence-electron chi connectivity index (χ2n) is 4.15. The third-order valence-corrected chi connectivity index (χ3v) is 3.03. The van der Waals surface area contributed by atoms with E-state index in [2.05, 4.69) is 9.51 Å². The van der Waals surface area contributed by atoms with Crippen molar-refractivity contribution in [3.05, 3.63) is 22.7 Å². The minimum atomic E-state index is -3.34. The van der Waals surface area contributed by atoms with Crippen LogP contribution in [0.25, 0.3) is 0 Å². The molecule has 0 bridgehead atoms. The number of rotatable bonds is 4. The first-order valence-corrected chi connectivity index (χ1v) is 6.59. The van der Waals surface area contributed by atoms with Crippen LogP contribution in [0.15, 0.2) is 17.1 Å². The lowest BCUT2D eigenvalue weighted by molar-refractivity contribution is -0.119. The Kier molecular flexibility index (Phi) is 4.09. The van der Waals surface area contributed by atoms with E-state index in [9.17, 15) is 18.1 Å². The quantitative estimate of drug-likeness (QED) is 0.774. The molecule has 0 radical (unpaired) electrons. The van der Waals surface area contributed by atoms with Crippen LogP contribution in [0.4, 0.5) is 14.6 Å². The van der Waals surface area contributed by atoms with Crippen molar-refractivity contribution >= 4 is 14.1 Å². The maximum atomic E-state index is 13.8. The van der Waals surface area contributed by atoms with Gasteiger partial charge < -0.3 is 10.5 Å². The molecule has 1 unspecified atom stereocenters. The molecule has 2 heterocycles. The highest BCUT2D eigenvalue weighted by atomic mass is 31.1. The lowest BCUT2D eigenvalue weighted by Crippen LogP contribution is -2.35. The number of anilines is 1. The molecule has 1 aromatic rings. The van der Waals surface area contributed by atoms with E-state index in [0.29, 0.717) is 4.57 Å². The van der Waals surface area contributed by atoms with E-state index in [1.54, 1.807) is 0 Å². The fourth-order valence-electron chi connectivity index (χ4n) is 1.85. The first-order chi connectivity index (χ1) is 9.29. The van der Waals surface area contributed by atoms with Gasteiger partial charge in [-0.3, -0.25) is 4.57 Å². The summed E-state index contributed by atoms with van der Waals surface area (Å²) in [6.45, 7) is -0.477. The summed E-state index contributed by atoms with van der Waals surface area (Å²) in [6, 6.07) is 1.19. The van der Waals surface area contributed by atoms with Gasteiger partial charge in [0, 0.05) is 17.2 Å². The Hall–Kier alpha value is -1.48. The summed E-state index contributed by atoms with van der Waals surface area (Å²) >= 11 is 0. The Bertz CT molecular complexity index is 581. The maximum absolute atomic E-state index is 13.8. The summed E-state index contributed by atoms with van der Waals surface area (Å²) in [5.74, 6) is -3.43. The van der Waals surface area contributed by atoms with Crippen LogP contribution in [0, 0.1) is 0 Å². The molecule has 1 saturated heterocycles. The smallest absolute Gasteiger partial charge is 0.383 e. The number of ether oxygens (including phenoxy) is 1. The van der Waals surface area contributed by atoms with Crippen molar-refractivity contribution in [3.63, 3.8) is 0 Å². The zero-order valence-corrected chi connectivity index (χ0v) is 10.9. The number of aromatic nitrogens is 2. The largest absolute Gasteiger partial charge is 0.694 e. The molecule has 8 nitrogen and oxygen atoms in total. The number of nitrogens with two attached hydrogens (primary N) is 1. The molecule has 3 N–H and O–H groups in total. The van der Waals surface area contributed by atoms with Crippen molar-refractivity contribution in [1.29, 1.82) is 0 Å². The summed E-state index contributed by atoms with van der Waals surface area (Å²) in [7, 11) is -2.90. The van der Waals surface area contributed by atoms with Gasteiger partial charge in [-0.15, -0.1) is 9.42 Å². The van der Waals surface area contributed by atoms with Crippen LogP contribution < -0.4 is 11.4 Å². The molecule has 20 heavy (non-hydrogen) atoms. The van der Waals surface area contributed by atoms with Gasteiger partial charge in [-0.05, 0) is 6.07 Å². The van der Waals surface area contributed by atoms with E-state index in [1.165, 1.54) is 6.07 Å². The Balaban J connectivity index is 2.19. The Morgan fingerprint density at radius 3 is 3.00 bits per heavy atom. The van der Waals surface area contributed by atoms with Crippen LogP contribution in [-0.2, 0) is 13.8 Å². The lowest BCUT2D eigenvalue weighted by atomic mass is 10.2. The standard InChI is InChI=1S/C9H10F2N3O5P/c10-9(11)3-5(4-18-20(16)17)19-7(9)14-2-1-6(12)13-8(14)15/h1-2,5,7H,3-4H2,(H2-,12,13,15,16,17)/p+1/t5-,7+/m0/s1. The molecule has 0 aromatic carbocycles. The van der Waals surface area contributed by atoms with Crippen molar-refractivity contribution in [2.24, 2.45) is 0 Å². The Morgan fingerprint density at radius 1 is 1.70 bits per heavy atom. The predicted octanol–water partition coefficient (Wildman–Crippen LogP) is 0.415. The van der Waals surface area contributed by atoms with Gasteiger partial charge in [0.1, 0.15) is 12.4 Å². The van der Waals surface area contributed by atoms with Crippen molar-refractivity contribution in [2.75, 3.05) is 12.3 Å². The summed E-state index contributed by atoms with van der Waals surface area (Å²) in [5.41, 5.74) is 4.30. The molecule has 2 rings (SSSR count). The van der Waals surface area contributed by atoms with E-state index < -0.39 is 45.2 Å². The summed E-state index contributed by atoms with van der Waals surface area (Å²) < 4.78 is 48.0. The van der Waals surface area contributed by atoms with E-state index in [-0.39, 0.29) is 5.82 Å². The SMILES string of the molecule is Nc1ccn([C@@H]2O[C@H](CO[P+](=O)O)CC2(F)F)c(=O)n1. The molecule has 0 aliphatic carbocycles. The third-order valence-electron chi connectivity index (χ3n) is 2.66. The van der Waals surface area contributed by atoms with Gasteiger partial charge >= 0.3 is 13.9 Å². The second kappa shape index (κ2) is 5.49. The van der Waals surface area contributed by atoms with Crippen molar-refractivity contribution in [2.45, 2.75) is 24.7 Å². The number of nitrogen functional groups attached to an aromatic ring is 1. The molecule has 110 valence electrons. The minimum Gasteiger partial charge on any atom is -0.383 e. The molecule has 1 aliphatic rings. The predicted molar refractivity (Wildman–Crippen MR) is 62.2 cm³/mol. The molecule has 0 saturated carbocycles. The maximum Gasteiger partial charge on any atom is 0.694 e. The number of alkyl halides is 2. The van der Waals surface area contributed by atoms with Gasteiger partial charge in [-0.25, -0.2) is 13.6 Å². The highest BCUT2D eigenvalue weighted by Crippen LogP contribution is 2.42. The van der Waals surface area contributed by atoms with Gasteiger partial charge in [-0.1, -0.05) is 0 Å². The van der Waals surface area contributed by atoms with Gasteiger partial charge in [-0.2, -0.15) is 4.98 Å². The molecule has 3 atom stereocenters. The first kappa shape index (κ1) is 14.9. The molecular weight excluding hydrogens is 299 g/mol. The fraction of sp³-hybridized carbons (Fsp3) is 0.556. The zero-order chi connectivity index (χ0) is 14.9.